The van der Waals surface area contributed by atoms with Crippen LogP contribution in [0.4, 0.5) is 0 Å². The van der Waals surface area contributed by atoms with E-state index in [1.165, 1.54) is 9.36 Å². The van der Waals surface area contributed by atoms with Crippen molar-refractivity contribution in [2.45, 2.75) is 34.0 Å². The summed E-state index contributed by atoms with van der Waals surface area (Å²) < 4.78 is 4.62. The van der Waals surface area contributed by atoms with E-state index in [-0.39, 0.29) is 29.9 Å². The van der Waals surface area contributed by atoms with Gasteiger partial charge in [0, 0.05) is 39.8 Å². The number of aryl methyl sites for hydroxylation is 3. The van der Waals surface area contributed by atoms with Crippen LogP contribution in [0.15, 0.2) is 160 Å². The van der Waals surface area contributed by atoms with E-state index in [4.69, 9.17) is 11.6 Å². The molecule has 6 aromatic carbocycles. The standard InChI is InChI=1S/2C18H15N3O2.C17H12ClN3O/c1-11-2-5-13(6-3-11)21-18(23)15-9-19-16-7-4-12(10-22)8-14(16)17(15)20-21;1-11-2-5-13(6-3-11)21-18(23)15-9-19-16-8-12(10-22)4-7-14(16)17(15)20-21;1-10-4-2-3-5-15(10)21-17(22)13-9-19-14-7-6-11(18)8-12(14)16(13)20-21/h2*2-9,20,22H,10H2,1H3;2-9,20H,1H3. The van der Waals surface area contributed by atoms with Crippen LogP contribution in [-0.2, 0) is 13.2 Å². The molecule has 0 saturated heterocycles. The third-order valence-electron chi connectivity index (χ3n) is 12.0. The van der Waals surface area contributed by atoms with Gasteiger partial charge in [-0.3, -0.25) is 44.6 Å². The number of aliphatic hydroxyl groups is 2. The molecule has 0 unspecified atom stereocenters. The molecule has 0 aliphatic rings. The van der Waals surface area contributed by atoms with Crippen LogP contribution in [0, 0.1) is 20.8 Å². The number of benzene rings is 6. The Morgan fingerprint density at radius 2 is 0.926 bits per heavy atom. The van der Waals surface area contributed by atoms with E-state index < -0.39 is 0 Å². The third kappa shape index (κ3) is 7.91. The van der Waals surface area contributed by atoms with Gasteiger partial charge < -0.3 is 10.2 Å². The van der Waals surface area contributed by atoms with E-state index in [0.717, 1.165) is 94.1 Å². The molecule has 0 spiro atoms. The van der Waals surface area contributed by atoms with E-state index in [1.807, 2.05) is 142 Å². The molecule has 0 atom stereocenters. The lowest BCUT2D eigenvalue weighted by molar-refractivity contribution is 0.282. The fourth-order valence-electron chi connectivity index (χ4n) is 8.27. The number of hydrogen-bond acceptors (Lipinski definition) is 8. The molecule has 6 heterocycles. The lowest BCUT2D eigenvalue weighted by atomic mass is 10.1. The first kappa shape index (κ1) is 43.5. The number of hydrogen-bond donors (Lipinski definition) is 5. The molecule has 0 amide bonds. The van der Waals surface area contributed by atoms with Crippen LogP contribution in [-0.4, -0.2) is 54.5 Å². The Labute approximate surface area is 391 Å². The van der Waals surface area contributed by atoms with Gasteiger partial charge in [0.15, 0.2) is 0 Å². The Morgan fingerprint density at radius 1 is 0.471 bits per heavy atom. The van der Waals surface area contributed by atoms with Gasteiger partial charge in [-0.15, -0.1) is 0 Å². The number of rotatable bonds is 5. The van der Waals surface area contributed by atoms with Crippen molar-refractivity contribution < 1.29 is 10.2 Å². The summed E-state index contributed by atoms with van der Waals surface area (Å²) in [6, 6.07) is 39.8. The molecular formula is C53H42ClN9O5. The summed E-state index contributed by atoms with van der Waals surface area (Å²) in [7, 11) is 0. The number of para-hydroxylation sites is 1. The summed E-state index contributed by atoms with van der Waals surface area (Å²) in [5.41, 5.74) is 11.5. The van der Waals surface area contributed by atoms with Crippen LogP contribution < -0.4 is 16.7 Å². The Balaban J connectivity index is 0.000000119. The van der Waals surface area contributed by atoms with Gasteiger partial charge >= 0.3 is 0 Å². The van der Waals surface area contributed by atoms with Crippen molar-refractivity contribution >= 4 is 77.0 Å². The number of halogens is 1. The van der Waals surface area contributed by atoms with Gasteiger partial charge in [0.25, 0.3) is 16.7 Å². The predicted molar refractivity (Wildman–Crippen MR) is 269 cm³/mol. The summed E-state index contributed by atoms with van der Waals surface area (Å²) in [4.78, 5) is 51.0. The highest BCUT2D eigenvalue weighted by atomic mass is 35.5. The molecule has 5 N–H and O–H groups in total. The van der Waals surface area contributed by atoms with Gasteiger partial charge in [-0.05, 0) is 104 Å². The zero-order valence-corrected chi connectivity index (χ0v) is 37.7. The molecule has 336 valence electrons. The van der Waals surface area contributed by atoms with Crippen molar-refractivity contribution in [3.63, 3.8) is 0 Å². The number of fused-ring (bicyclic) bond motifs is 9. The maximum absolute atomic E-state index is 12.7. The highest BCUT2D eigenvalue weighted by molar-refractivity contribution is 6.31. The average Bonchev–Trinajstić information content (AvgIpc) is 4.02. The number of aromatic nitrogens is 9. The normalized spacial score (nSPS) is 11.4. The Kier molecular flexibility index (Phi) is 11.3. The molecule has 0 radical (unpaired) electrons. The van der Waals surface area contributed by atoms with Crippen LogP contribution in [0.25, 0.3) is 82.5 Å². The van der Waals surface area contributed by atoms with Crippen LogP contribution in [0.1, 0.15) is 27.8 Å². The number of aliphatic hydroxyl groups excluding tert-OH is 2. The largest absolute Gasteiger partial charge is 0.392 e. The quantitative estimate of drug-likeness (QED) is 0.113. The topological polar surface area (TPSA) is 192 Å². The number of pyridine rings is 3. The molecule has 14 nitrogen and oxygen atoms in total. The van der Waals surface area contributed by atoms with Crippen molar-refractivity contribution in [1.82, 2.24) is 44.3 Å². The minimum atomic E-state index is -0.132. The first-order chi connectivity index (χ1) is 33.0. The summed E-state index contributed by atoms with van der Waals surface area (Å²) in [6.07, 6.45) is 4.79. The Morgan fingerprint density at radius 3 is 1.49 bits per heavy atom. The van der Waals surface area contributed by atoms with Crippen molar-refractivity contribution in [2.75, 3.05) is 0 Å². The van der Waals surface area contributed by atoms with Crippen LogP contribution in [0.5, 0.6) is 0 Å². The minimum absolute atomic E-state index is 0.0312. The van der Waals surface area contributed by atoms with Crippen molar-refractivity contribution in [1.29, 1.82) is 0 Å². The maximum Gasteiger partial charge on any atom is 0.280 e. The zero-order chi connectivity index (χ0) is 47.2. The monoisotopic (exact) mass is 919 g/mol. The molecule has 68 heavy (non-hydrogen) atoms. The fraction of sp³-hybridized carbons (Fsp3) is 0.0943. The molecule has 0 saturated carbocycles. The summed E-state index contributed by atoms with van der Waals surface area (Å²) in [5.74, 6) is 0. The number of nitrogens with zero attached hydrogens (tertiary/aromatic N) is 6. The number of H-pyrrole nitrogens is 3. The zero-order valence-electron chi connectivity index (χ0n) is 37.0. The molecule has 0 aliphatic carbocycles. The Hall–Kier alpha value is -8.43. The van der Waals surface area contributed by atoms with Gasteiger partial charge in [-0.2, -0.15) is 0 Å². The second kappa shape index (κ2) is 17.8. The van der Waals surface area contributed by atoms with Crippen molar-refractivity contribution in [2.24, 2.45) is 0 Å². The van der Waals surface area contributed by atoms with Gasteiger partial charge in [0.1, 0.15) is 0 Å². The lowest BCUT2D eigenvalue weighted by Crippen LogP contribution is -2.15. The highest BCUT2D eigenvalue weighted by Crippen LogP contribution is 2.26. The van der Waals surface area contributed by atoms with E-state index >= 15 is 0 Å². The SMILES string of the molecule is Cc1ccc(-n2[nH]c3c(cnc4cc(CO)ccc43)c2=O)cc1.Cc1ccc(-n2[nH]c3c(cnc4ccc(CO)cc43)c2=O)cc1.Cc1ccccc1-n1[nH]c2c(cnc3ccc(Cl)cc32)c1=O. The molecule has 0 fully saturated rings. The first-order valence-corrected chi connectivity index (χ1v) is 22.0. The molecule has 6 aromatic heterocycles. The van der Waals surface area contributed by atoms with E-state index in [9.17, 15) is 24.6 Å². The molecule has 0 aliphatic heterocycles. The third-order valence-corrected chi connectivity index (χ3v) is 12.2. The summed E-state index contributed by atoms with van der Waals surface area (Å²) in [6.45, 7) is 5.91. The van der Waals surface area contributed by atoms with Gasteiger partial charge in [-0.1, -0.05) is 83.4 Å². The fourth-order valence-corrected chi connectivity index (χ4v) is 8.44. The molecule has 12 aromatic rings. The number of aromatic amines is 3. The van der Waals surface area contributed by atoms with Gasteiger partial charge in [0.05, 0.1) is 79.5 Å². The van der Waals surface area contributed by atoms with Crippen LogP contribution in [0.3, 0.4) is 0 Å². The van der Waals surface area contributed by atoms with Crippen LogP contribution in [0.2, 0.25) is 5.02 Å². The lowest BCUT2D eigenvalue weighted by Gasteiger charge is -2.04. The van der Waals surface area contributed by atoms with Gasteiger partial charge in [-0.25, -0.2) is 14.0 Å². The summed E-state index contributed by atoms with van der Waals surface area (Å²) in [5, 5.41) is 32.9. The van der Waals surface area contributed by atoms with E-state index in [2.05, 4.69) is 30.2 Å². The number of nitrogens with one attached hydrogen (secondary N) is 3. The van der Waals surface area contributed by atoms with E-state index in [0.29, 0.717) is 21.2 Å². The smallest absolute Gasteiger partial charge is 0.280 e. The molecule has 0 bridgehead atoms. The van der Waals surface area contributed by atoms with E-state index in [1.54, 1.807) is 29.3 Å². The second-order valence-corrected chi connectivity index (χ2v) is 17.0. The predicted octanol–water partition coefficient (Wildman–Crippen LogP) is 9.16. The first-order valence-electron chi connectivity index (χ1n) is 21.6. The van der Waals surface area contributed by atoms with Gasteiger partial charge in [0.2, 0.25) is 0 Å². The average molecular weight is 920 g/mol. The minimum Gasteiger partial charge on any atom is -0.392 e. The summed E-state index contributed by atoms with van der Waals surface area (Å²) >= 11 is 6.08. The molecule has 12 rings (SSSR count). The van der Waals surface area contributed by atoms with Crippen molar-refractivity contribution in [3.8, 4) is 17.1 Å². The van der Waals surface area contributed by atoms with Crippen LogP contribution >= 0.6 is 11.6 Å². The molecule has 15 heteroatoms. The maximum atomic E-state index is 12.7. The van der Waals surface area contributed by atoms with Crippen molar-refractivity contribution in [3.05, 3.63) is 210 Å². The highest BCUT2D eigenvalue weighted by Gasteiger charge is 2.16. The molecular weight excluding hydrogens is 878 g/mol. The second-order valence-electron chi connectivity index (χ2n) is 16.5. The Bertz CT molecular complexity index is 4070.